The van der Waals surface area contributed by atoms with Crippen LogP contribution >= 0.6 is 0 Å². The van der Waals surface area contributed by atoms with E-state index in [1.165, 1.54) is 12.5 Å². The van der Waals surface area contributed by atoms with E-state index in [1.807, 2.05) is 36.1 Å². The number of benzene rings is 1. The van der Waals surface area contributed by atoms with Crippen molar-refractivity contribution in [2.24, 2.45) is 5.92 Å². The smallest absolute Gasteiger partial charge is 0.319 e. The van der Waals surface area contributed by atoms with Crippen LogP contribution < -0.4 is 10.6 Å². The molecule has 1 aliphatic rings. The quantitative estimate of drug-likeness (QED) is 0.896. The van der Waals surface area contributed by atoms with Crippen LogP contribution in [0.2, 0.25) is 0 Å². The minimum Gasteiger partial charge on any atom is -0.472 e. The Balaban J connectivity index is 1.41. The zero-order chi connectivity index (χ0) is 17.6. The number of para-hydroxylation sites is 1. The number of piperidine rings is 1. The molecule has 0 aliphatic carbocycles. The average Bonchev–Trinajstić information content (AvgIpc) is 3.16. The zero-order valence-electron chi connectivity index (χ0n) is 14.3. The van der Waals surface area contributed by atoms with E-state index < -0.39 is 0 Å². The normalized spacial score (nSPS) is 15.0. The van der Waals surface area contributed by atoms with Crippen molar-refractivity contribution < 1.29 is 14.0 Å². The number of anilines is 1. The highest BCUT2D eigenvalue weighted by molar-refractivity contribution is 5.93. The van der Waals surface area contributed by atoms with Crippen LogP contribution in [0.4, 0.5) is 10.5 Å². The maximum atomic E-state index is 12.3. The third-order valence-electron chi connectivity index (χ3n) is 4.61. The molecule has 2 aromatic rings. The number of amides is 3. The molecule has 1 aromatic carbocycles. The van der Waals surface area contributed by atoms with E-state index in [0.29, 0.717) is 31.1 Å². The van der Waals surface area contributed by atoms with E-state index >= 15 is 0 Å². The molecular formula is C19H23N3O3. The number of carbonyl (C=O) groups excluding carboxylic acids is 2. The first-order valence-corrected chi connectivity index (χ1v) is 8.55. The number of hydrogen-bond acceptors (Lipinski definition) is 3. The van der Waals surface area contributed by atoms with E-state index in [1.54, 1.807) is 6.07 Å². The maximum absolute atomic E-state index is 12.3. The van der Waals surface area contributed by atoms with Gasteiger partial charge in [0.2, 0.25) is 0 Å². The van der Waals surface area contributed by atoms with E-state index in [0.717, 1.165) is 24.1 Å². The average molecular weight is 341 g/mol. The fraction of sp³-hybridized carbons (Fsp3) is 0.368. The van der Waals surface area contributed by atoms with Gasteiger partial charge in [-0.15, -0.1) is 0 Å². The van der Waals surface area contributed by atoms with Gasteiger partial charge in [-0.2, -0.15) is 0 Å². The highest BCUT2D eigenvalue weighted by Crippen LogP contribution is 2.19. The van der Waals surface area contributed by atoms with Gasteiger partial charge in [0, 0.05) is 25.3 Å². The highest BCUT2D eigenvalue weighted by atomic mass is 16.3. The molecule has 6 heteroatoms. The Kier molecular flexibility index (Phi) is 5.38. The summed E-state index contributed by atoms with van der Waals surface area (Å²) in [6.07, 6.45) is 4.76. The first-order chi connectivity index (χ1) is 12.1. The Labute approximate surface area is 147 Å². The second-order valence-electron chi connectivity index (χ2n) is 6.40. The van der Waals surface area contributed by atoms with Gasteiger partial charge < -0.3 is 20.0 Å². The van der Waals surface area contributed by atoms with E-state index in [9.17, 15) is 9.59 Å². The van der Waals surface area contributed by atoms with Gasteiger partial charge in [-0.1, -0.05) is 18.2 Å². The van der Waals surface area contributed by atoms with Gasteiger partial charge in [-0.25, -0.2) is 4.79 Å². The summed E-state index contributed by atoms with van der Waals surface area (Å²) in [4.78, 5) is 26.1. The van der Waals surface area contributed by atoms with Gasteiger partial charge in [-0.3, -0.25) is 4.79 Å². The summed E-state index contributed by atoms with van der Waals surface area (Å²) in [5.41, 5.74) is 2.44. The largest absolute Gasteiger partial charge is 0.472 e. The molecule has 1 saturated heterocycles. The minimum absolute atomic E-state index is 0.0115. The molecule has 132 valence electrons. The molecule has 0 spiro atoms. The standard InChI is InChI=1S/C19H23N3O3/c1-14-4-2-3-5-17(14)21-19(24)20-12-15-6-9-22(10-7-15)18(23)16-8-11-25-13-16/h2-5,8,11,13,15H,6-7,9-10,12H2,1H3,(H2,20,21,24). The van der Waals surface area contributed by atoms with Crippen molar-refractivity contribution in [2.75, 3.05) is 25.0 Å². The van der Waals surface area contributed by atoms with Gasteiger partial charge in [0.05, 0.1) is 11.8 Å². The number of nitrogens with one attached hydrogen (secondary N) is 2. The number of urea groups is 1. The van der Waals surface area contributed by atoms with Gasteiger partial charge in [-0.05, 0) is 43.4 Å². The second-order valence-corrected chi connectivity index (χ2v) is 6.40. The lowest BCUT2D eigenvalue weighted by Crippen LogP contribution is -2.42. The van der Waals surface area contributed by atoms with Crippen molar-refractivity contribution >= 4 is 17.6 Å². The zero-order valence-corrected chi connectivity index (χ0v) is 14.3. The Hall–Kier alpha value is -2.76. The van der Waals surface area contributed by atoms with Crippen molar-refractivity contribution in [1.82, 2.24) is 10.2 Å². The van der Waals surface area contributed by atoms with Gasteiger partial charge in [0.1, 0.15) is 6.26 Å². The van der Waals surface area contributed by atoms with Crippen LogP contribution in [0.1, 0.15) is 28.8 Å². The van der Waals surface area contributed by atoms with Crippen molar-refractivity contribution in [3.63, 3.8) is 0 Å². The molecule has 1 fully saturated rings. The topological polar surface area (TPSA) is 74.6 Å². The van der Waals surface area contributed by atoms with Crippen molar-refractivity contribution in [3.05, 3.63) is 54.0 Å². The summed E-state index contributed by atoms with van der Waals surface area (Å²) < 4.78 is 4.97. The van der Waals surface area contributed by atoms with Crippen molar-refractivity contribution in [3.8, 4) is 0 Å². The van der Waals surface area contributed by atoms with Crippen LogP contribution in [0.15, 0.2) is 47.3 Å². The summed E-state index contributed by atoms with van der Waals surface area (Å²) in [5, 5.41) is 5.80. The number of furan rings is 1. The second kappa shape index (κ2) is 7.88. The van der Waals surface area contributed by atoms with Crippen LogP contribution in [0.3, 0.4) is 0 Å². The predicted molar refractivity (Wildman–Crippen MR) is 95.5 cm³/mol. The SMILES string of the molecule is Cc1ccccc1NC(=O)NCC1CCN(C(=O)c2ccoc2)CC1. The number of carbonyl (C=O) groups is 2. The lowest BCUT2D eigenvalue weighted by Gasteiger charge is -2.31. The fourth-order valence-electron chi connectivity index (χ4n) is 3.03. The number of nitrogens with zero attached hydrogens (tertiary/aromatic N) is 1. The summed E-state index contributed by atoms with van der Waals surface area (Å²) >= 11 is 0. The summed E-state index contributed by atoms with van der Waals surface area (Å²) in [7, 11) is 0. The van der Waals surface area contributed by atoms with Gasteiger partial charge in [0.15, 0.2) is 0 Å². The fourth-order valence-corrected chi connectivity index (χ4v) is 3.03. The molecule has 1 aliphatic heterocycles. The van der Waals surface area contributed by atoms with Gasteiger partial charge in [0.25, 0.3) is 5.91 Å². The first-order valence-electron chi connectivity index (χ1n) is 8.55. The molecule has 0 saturated carbocycles. The summed E-state index contributed by atoms with van der Waals surface area (Å²) in [6.45, 7) is 3.99. The molecule has 25 heavy (non-hydrogen) atoms. The maximum Gasteiger partial charge on any atom is 0.319 e. The molecule has 0 unspecified atom stereocenters. The molecule has 6 nitrogen and oxygen atoms in total. The molecular weight excluding hydrogens is 318 g/mol. The minimum atomic E-state index is -0.189. The molecule has 0 bridgehead atoms. The summed E-state index contributed by atoms with van der Waals surface area (Å²) in [6, 6.07) is 9.18. The number of likely N-dealkylation sites (tertiary alicyclic amines) is 1. The third-order valence-corrected chi connectivity index (χ3v) is 4.61. The number of hydrogen-bond donors (Lipinski definition) is 2. The molecule has 3 rings (SSSR count). The molecule has 2 heterocycles. The van der Waals surface area contributed by atoms with E-state index in [2.05, 4.69) is 10.6 Å². The lowest BCUT2D eigenvalue weighted by atomic mass is 9.96. The van der Waals surface area contributed by atoms with E-state index in [4.69, 9.17) is 4.42 Å². The Morgan fingerprint density at radius 1 is 1.20 bits per heavy atom. The first kappa shape index (κ1) is 17.1. The molecule has 3 amide bonds. The number of rotatable bonds is 4. The highest BCUT2D eigenvalue weighted by Gasteiger charge is 2.24. The Morgan fingerprint density at radius 2 is 1.96 bits per heavy atom. The molecule has 2 N–H and O–H groups in total. The van der Waals surface area contributed by atoms with E-state index in [-0.39, 0.29) is 11.9 Å². The number of aryl methyl sites for hydroxylation is 1. The molecule has 0 atom stereocenters. The van der Waals surface area contributed by atoms with Crippen LogP contribution in [0.25, 0.3) is 0 Å². The third kappa shape index (κ3) is 4.41. The van der Waals surface area contributed by atoms with Crippen molar-refractivity contribution in [1.29, 1.82) is 0 Å². The predicted octanol–water partition coefficient (Wildman–Crippen LogP) is 3.26. The van der Waals surface area contributed by atoms with Crippen LogP contribution in [-0.4, -0.2) is 36.5 Å². The van der Waals surface area contributed by atoms with Gasteiger partial charge >= 0.3 is 6.03 Å². The lowest BCUT2D eigenvalue weighted by molar-refractivity contribution is 0.0690. The van der Waals surface area contributed by atoms with Crippen molar-refractivity contribution in [2.45, 2.75) is 19.8 Å². The monoisotopic (exact) mass is 341 g/mol. The molecule has 1 aromatic heterocycles. The molecule has 0 radical (unpaired) electrons. The van der Waals surface area contributed by atoms with Crippen LogP contribution in [-0.2, 0) is 0 Å². The summed E-state index contributed by atoms with van der Waals surface area (Å²) in [5.74, 6) is 0.397. The Bertz CT molecular complexity index is 719. The Morgan fingerprint density at radius 3 is 2.64 bits per heavy atom. The van der Waals surface area contributed by atoms with Crippen LogP contribution in [0, 0.1) is 12.8 Å². The van der Waals surface area contributed by atoms with Crippen LogP contribution in [0.5, 0.6) is 0 Å².